The number of hydrogen-bond acceptors (Lipinski definition) is 4. The second kappa shape index (κ2) is 11.2. The average molecular weight is 661 g/mol. The Labute approximate surface area is 298 Å². The first-order chi connectivity index (χ1) is 25.8. The van der Waals surface area contributed by atoms with Crippen molar-refractivity contribution in [3.8, 4) is 22.3 Å². The Morgan fingerprint density at radius 2 is 0.712 bits per heavy atom. The van der Waals surface area contributed by atoms with E-state index in [9.17, 15) is 0 Å². The van der Waals surface area contributed by atoms with Gasteiger partial charge in [-0.3, -0.25) is 9.97 Å². The van der Waals surface area contributed by atoms with Gasteiger partial charge in [0.1, 0.15) is 0 Å². The van der Waals surface area contributed by atoms with E-state index in [-0.39, 0.29) is 0 Å². The van der Waals surface area contributed by atoms with E-state index in [1.165, 1.54) is 0 Å². The first-order valence-corrected chi connectivity index (χ1v) is 17.5. The molecule has 4 nitrogen and oxygen atoms in total. The molecule has 0 aliphatic carbocycles. The minimum atomic E-state index is 0.882. The molecule has 6 aromatic carbocycles. The van der Waals surface area contributed by atoms with Crippen LogP contribution in [0.2, 0.25) is 0 Å². The van der Waals surface area contributed by atoms with Crippen molar-refractivity contribution >= 4 is 87.0 Å². The summed E-state index contributed by atoms with van der Waals surface area (Å²) in [4.78, 5) is 20.8. The van der Waals surface area contributed by atoms with Crippen LogP contribution in [0.15, 0.2) is 170 Å². The van der Waals surface area contributed by atoms with Crippen LogP contribution in [0.5, 0.6) is 0 Å². The first kappa shape index (κ1) is 28.8. The van der Waals surface area contributed by atoms with Gasteiger partial charge in [-0.2, -0.15) is 0 Å². The third-order valence-corrected chi connectivity index (χ3v) is 10.5. The molecule has 0 aliphatic heterocycles. The smallest absolute Gasteiger partial charge is 0.0978 e. The van der Waals surface area contributed by atoms with Crippen molar-refractivity contribution in [3.63, 3.8) is 0 Å². The van der Waals surface area contributed by atoms with Gasteiger partial charge in [0.05, 0.1) is 33.1 Å². The standard InChI is InChI=1S/C48H28N4/c1-3-9-29(10-4-1)41-27-43-33-15-7-13-31(25-33)35-21-23-49-45-37(35)17-18-38-36(22-24-50-46(38)45)32-14-8-16-34(26-32)44-28-42(30-11-5-2-6-12-30)40-20-19-39(41)47(51-43)48(40)52-44/h1-28H. The van der Waals surface area contributed by atoms with Gasteiger partial charge in [0, 0.05) is 44.7 Å². The van der Waals surface area contributed by atoms with Crippen molar-refractivity contribution in [1.29, 1.82) is 0 Å². The molecule has 0 N–H and O–H groups in total. The molecule has 0 saturated carbocycles. The summed E-state index contributed by atoms with van der Waals surface area (Å²) in [5.41, 5.74) is 9.86. The highest BCUT2D eigenvalue weighted by atomic mass is 14.8. The second-order valence-electron chi connectivity index (χ2n) is 13.4. The van der Waals surface area contributed by atoms with Crippen LogP contribution in [-0.2, 0) is 0 Å². The van der Waals surface area contributed by atoms with Gasteiger partial charge < -0.3 is 0 Å². The maximum Gasteiger partial charge on any atom is 0.0978 e. The van der Waals surface area contributed by atoms with Crippen LogP contribution in [0.4, 0.5) is 0 Å². The lowest BCUT2D eigenvalue weighted by atomic mass is 9.95. The van der Waals surface area contributed by atoms with E-state index < -0.39 is 0 Å². The zero-order valence-electron chi connectivity index (χ0n) is 28.0. The Morgan fingerprint density at radius 1 is 0.288 bits per heavy atom. The molecule has 52 heavy (non-hydrogen) atoms. The van der Waals surface area contributed by atoms with Gasteiger partial charge in [-0.1, -0.05) is 121 Å². The third kappa shape index (κ3) is 4.41. The largest absolute Gasteiger partial charge is 0.254 e. The fourth-order valence-electron chi connectivity index (χ4n) is 8.01. The summed E-state index contributed by atoms with van der Waals surface area (Å²) in [6.45, 7) is 0. The lowest BCUT2D eigenvalue weighted by Crippen LogP contribution is -1.93. The van der Waals surface area contributed by atoms with Gasteiger partial charge in [-0.25, -0.2) is 9.97 Å². The van der Waals surface area contributed by atoms with Crippen molar-refractivity contribution in [1.82, 2.24) is 19.9 Å². The number of benzene rings is 6. The van der Waals surface area contributed by atoms with Crippen LogP contribution in [-0.4, -0.2) is 19.9 Å². The number of nitrogens with zero attached hydrogens (tertiary/aromatic N) is 4. The fourth-order valence-corrected chi connectivity index (χ4v) is 8.01. The Morgan fingerprint density at radius 3 is 1.17 bits per heavy atom. The molecule has 0 unspecified atom stereocenters. The van der Waals surface area contributed by atoms with Gasteiger partial charge >= 0.3 is 0 Å². The van der Waals surface area contributed by atoms with Crippen LogP contribution < -0.4 is 0 Å². The SMILES string of the molecule is c1ccc(-c2cc3nc4c2ccc2c(-c5ccccc5)cc(nc24)c2cccc(c2)c2ccnc4c2ccc2c(ccnc24)c2cccc3c2)cc1. The molecule has 0 radical (unpaired) electrons. The number of aromatic nitrogens is 4. The molecule has 14 bridgehead atoms. The van der Waals surface area contributed by atoms with E-state index in [1.807, 2.05) is 12.4 Å². The maximum absolute atomic E-state index is 5.50. The number of fused-ring (bicyclic) bond motifs is 1. The van der Waals surface area contributed by atoms with E-state index in [0.29, 0.717) is 0 Å². The van der Waals surface area contributed by atoms with Gasteiger partial charge in [0.2, 0.25) is 0 Å². The molecule has 0 spiro atoms. The van der Waals surface area contributed by atoms with Crippen molar-refractivity contribution in [2.45, 2.75) is 0 Å². The number of rotatable bonds is 2. The lowest BCUT2D eigenvalue weighted by molar-refractivity contribution is 1.39. The summed E-state index contributed by atoms with van der Waals surface area (Å²) in [5.74, 6) is 0. The van der Waals surface area contributed by atoms with E-state index in [2.05, 4.69) is 158 Å². The quantitative estimate of drug-likeness (QED) is 0.173. The number of pyridine rings is 4. The predicted octanol–water partition coefficient (Wildman–Crippen LogP) is 12.4. The van der Waals surface area contributed by atoms with Crippen molar-refractivity contribution in [3.05, 3.63) is 170 Å². The molecular weight excluding hydrogens is 633 g/mol. The van der Waals surface area contributed by atoms with Gasteiger partial charge in [-0.05, 0) is 80.2 Å². The Balaban J connectivity index is 1.42. The zero-order valence-corrected chi connectivity index (χ0v) is 28.0. The summed E-state index contributed by atoms with van der Waals surface area (Å²) in [6, 6.07) is 56.1. The average Bonchev–Trinajstić information content (AvgIpc) is 3.22. The van der Waals surface area contributed by atoms with Crippen molar-refractivity contribution < 1.29 is 0 Å². The molecule has 4 heteroatoms. The van der Waals surface area contributed by atoms with Crippen LogP contribution >= 0.6 is 0 Å². The van der Waals surface area contributed by atoms with Crippen LogP contribution in [0.25, 0.3) is 109 Å². The first-order valence-electron chi connectivity index (χ1n) is 17.5. The van der Waals surface area contributed by atoms with E-state index in [1.54, 1.807) is 0 Å². The predicted molar refractivity (Wildman–Crippen MR) is 217 cm³/mol. The summed E-state index contributed by atoms with van der Waals surface area (Å²) in [7, 11) is 0. The van der Waals surface area contributed by atoms with Gasteiger partial charge in [0.15, 0.2) is 0 Å². The van der Waals surface area contributed by atoms with Gasteiger partial charge in [-0.15, -0.1) is 0 Å². The summed E-state index contributed by atoms with van der Waals surface area (Å²) in [5, 5.41) is 10.8. The van der Waals surface area contributed by atoms with Crippen LogP contribution in [0.3, 0.4) is 0 Å². The highest BCUT2D eigenvalue weighted by molar-refractivity contribution is 6.19. The summed E-state index contributed by atoms with van der Waals surface area (Å²) >= 11 is 0. The topological polar surface area (TPSA) is 51.6 Å². The molecule has 0 saturated heterocycles. The fraction of sp³-hybridized carbons (Fsp3) is 0. The summed E-state index contributed by atoms with van der Waals surface area (Å²) < 4.78 is 0. The highest BCUT2D eigenvalue weighted by Crippen LogP contribution is 2.39. The molecule has 0 amide bonds. The monoisotopic (exact) mass is 660 g/mol. The van der Waals surface area contributed by atoms with E-state index in [4.69, 9.17) is 19.9 Å². The minimum Gasteiger partial charge on any atom is -0.254 e. The molecule has 6 aromatic heterocycles. The van der Waals surface area contributed by atoms with Crippen molar-refractivity contribution in [2.24, 2.45) is 0 Å². The normalized spacial score (nSPS) is 11.8. The second-order valence-corrected chi connectivity index (χ2v) is 13.4. The van der Waals surface area contributed by atoms with Crippen molar-refractivity contribution in [2.75, 3.05) is 0 Å². The maximum atomic E-state index is 5.50. The third-order valence-electron chi connectivity index (χ3n) is 10.5. The Hall–Kier alpha value is -7.04. The zero-order chi connectivity index (χ0) is 34.2. The Bertz CT molecular complexity index is 3060. The molecule has 12 rings (SSSR count). The minimum absolute atomic E-state index is 0.882. The molecule has 6 heterocycles. The van der Waals surface area contributed by atoms with E-state index in [0.717, 1.165) is 109 Å². The summed E-state index contributed by atoms with van der Waals surface area (Å²) in [6.07, 6.45) is 3.80. The molecule has 0 atom stereocenters. The van der Waals surface area contributed by atoms with E-state index >= 15 is 0 Å². The molecule has 12 aromatic rings. The lowest BCUT2D eigenvalue weighted by Gasteiger charge is -2.13. The molecule has 0 aliphatic rings. The highest BCUT2D eigenvalue weighted by Gasteiger charge is 2.16. The molecule has 240 valence electrons. The van der Waals surface area contributed by atoms with Crippen LogP contribution in [0.1, 0.15) is 0 Å². The Kier molecular flexibility index (Phi) is 6.22. The number of hydrogen-bond donors (Lipinski definition) is 0. The molecule has 0 fully saturated rings. The van der Waals surface area contributed by atoms with Gasteiger partial charge in [0.25, 0.3) is 0 Å². The van der Waals surface area contributed by atoms with Crippen LogP contribution in [0, 0.1) is 0 Å². The molecular formula is C48H28N4.